The van der Waals surface area contributed by atoms with Crippen LogP contribution in [0.25, 0.3) is 0 Å². The number of nitrogens with two attached hydrogens (primary N) is 1. The molecular formula is C12H16ClF3N2O. The molecule has 1 aromatic carbocycles. The molecule has 0 saturated heterocycles. The smallest absolute Gasteiger partial charge is 0.343 e. The van der Waals surface area contributed by atoms with E-state index in [1.807, 2.05) is 0 Å². The van der Waals surface area contributed by atoms with Crippen LogP contribution in [0.3, 0.4) is 0 Å². The highest BCUT2D eigenvalue weighted by Crippen LogP contribution is 2.33. The lowest BCUT2D eigenvalue weighted by Crippen LogP contribution is -2.38. The van der Waals surface area contributed by atoms with E-state index >= 15 is 0 Å². The van der Waals surface area contributed by atoms with Gasteiger partial charge >= 0.3 is 5.92 Å². The highest BCUT2D eigenvalue weighted by atomic mass is 35.5. The Morgan fingerprint density at radius 3 is 2.32 bits per heavy atom. The number of hydrogen-bond donors (Lipinski definition) is 1. The summed E-state index contributed by atoms with van der Waals surface area (Å²) in [5.74, 6) is -6.51. The number of carbonyl (C=O) groups excluding carboxylic acids is 1. The summed E-state index contributed by atoms with van der Waals surface area (Å²) in [6, 6.07) is 2.74. The normalized spacial score (nSPS) is 12.6. The van der Waals surface area contributed by atoms with Crippen molar-refractivity contribution in [2.24, 2.45) is 5.73 Å². The van der Waals surface area contributed by atoms with Gasteiger partial charge in [-0.15, -0.1) is 12.4 Å². The molecule has 0 bridgehead atoms. The molecule has 0 saturated carbocycles. The van der Waals surface area contributed by atoms with E-state index in [-0.39, 0.29) is 18.0 Å². The summed E-state index contributed by atoms with van der Waals surface area (Å²) < 4.78 is 41.6. The van der Waals surface area contributed by atoms with Crippen LogP contribution < -0.4 is 5.73 Å². The molecule has 0 radical (unpaired) electrons. The number of nitrogens with zero attached hydrogens (tertiary/aromatic N) is 1. The maximum absolute atomic E-state index is 13.9. The van der Waals surface area contributed by atoms with Crippen LogP contribution in [0.15, 0.2) is 18.2 Å². The third-order valence-corrected chi connectivity index (χ3v) is 2.53. The molecule has 19 heavy (non-hydrogen) atoms. The van der Waals surface area contributed by atoms with E-state index < -0.39 is 29.3 Å². The van der Waals surface area contributed by atoms with Gasteiger partial charge in [0.05, 0.1) is 5.56 Å². The van der Waals surface area contributed by atoms with E-state index in [1.54, 1.807) is 0 Å². The number of rotatable bonds is 3. The predicted molar refractivity (Wildman–Crippen MR) is 68.8 cm³/mol. The molecule has 1 atom stereocenters. The van der Waals surface area contributed by atoms with Crippen molar-refractivity contribution in [2.45, 2.75) is 18.9 Å². The SMILES string of the molecule is CC(N)c1cccc(C(F)(F)C(=O)N(C)C)c1F.Cl. The lowest BCUT2D eigenvalue weighted by atomic mass is 10.00. The molecule has 1 rings (SSSR count). The summed E-state index contributed by atoms with van der Waals surface area (Å²) in [6.07, 6.45) is 0. The Morgan fingerprint density at radius 1 is 1.37 bits per heavy atom. The lowest BCUT2D eigenvalue weighted by Gasteiger charge is -2.21. The average Bonchev–Trinajstić information content (AvgIpc) is 2.27. The van der Waals surface area contributed by atoms with E-state index in [0.29, 0.717) is 0 Å². The second kappa shape index (κ2) is 6.25. The summed E-state index contributed by atoms with van der Waals surface area (Å²) in [5.41, 5.74) is 4.49. The standard InChI is InChI=1S/C12H15F3N2O.ClH/c1-7(16)8-5-4-6-9(10(8)13)12(14,15)11(18)17(2)3;/h4-7H,16H2,1-3H3;1H. The number of alkyl halides is 2. The molecule has 108 valence electrons. The van der Waals surface area contributed by atoms with Crippen LogP contribution in [-0.2, 0) is 10.7 Å². The van der Waals surface area contributed by atoms with Gasteiger partial charge < -0.3 is 10.6 Å². The number of hydrogen-bond acceptors (Lipinski definition) is 2. The molecule has 0 spiro atoms. The molecule has 1 unspecified atom stereocenters. The minimum Gasteiger partial charge on any atom is -0.343 e. The van der Waals surface area contributed by atoms with Gasteiger partial charge in [-0.25, -0.2) is 4.39 Å². The first-order chi connectivity index (χ1) is 8.19. The van der Waals surface area contributed by atoms with Crippen molar-refractivity contribution >= 4 is 18.3 Å². The van der Waals surface area contributed by atoms with Crippen LogP contribution in [0.1, 0.15) is 24.1 Å². The van der Waals surface area contributed by atoms with Crippen LogP contribution in [0.4, 0.5) is 13.2 Å². The van der Waals surface area contributed by atoms with Gasteiger partial charge in [-0.2, -0.15) is 8.78 Å². The van der Waals surface area contributed by atoms with Crippen molar-refractivity contribution in [2.75, 3.05) is 14.1 Å². The Hall–Kier alpha value is -1.27. The van der Waals surface area contributed by atoms with E-state index in [9.17, 15) is 18.0 Å². The van der Waals surface area contributed by atoms with Gasteiger partial charge in [0.2, 0.25) is 0 Å². The maximum atomic E-state index is 13.9. The molecule has 0 heterocycles. The summed E-state index contributed by atoms with van der Waals surface area (Å²) in [6.45, 7) is 1.48. The molecule has 1 amide bonds. The third-order valence-electron chi connectivity index (χ3n) is 2.53. The fourth-order valence-electron chi connectivity index (χ4n) is 1.54. The molecule has 0 fully saturated rings. The van der Waals surface area contributed by atoms with Crippen molar-refractivity contribution in [3.05, 3.63) is 35.1 Å². The Balaban J connectivity index is 0.00000324. The average molecular weight is 297 g/mol. The quantitative estimate of drug-likeness (QED) is 0.931. The van der Waals surface area contributed by atoms with Crippen LogP contribution in [0.5, 0.6) is 0 Å². The minimum absolute atomic E-state index is 0. The van der Waals surface area contributed by atoms with Crippen LogP contribution >= 0.6 is 12.4 Å². The lowest BCUT2D eigenvalue weighted by molar-refractivity contribution is -0.156. The topological polar surface area (TPSA) is 46.3 Å². The highest BCUT2D eigenvalue weighted by molar-refractivity contribution is 5.85. The molecule has 7 heteroatoms. The zero-order valence-electron chi connectivity index (χ0n) is 10.8. The summed E-state index contributed by atoms with van der Waals surface area (Å²) in [5, 5.41) is 0. The molecule has 2 N–H and O–H groups in total. The Labute approximate surface area is 116 Å². The first-order valence-corrected chi connectivity index (χ1v) is 5.33. The summed E-state index contributed by atoms with van der Waals surface area (Å²) >= 11 is 0. The van der Waals surface area contributed by atoms with Gasteiger partial charge in [0.15, 0.2) is 0 Å². The number of benzene rings is 1. The molecule has 3 nitrogen and oxygen atoms in total. The maximum Gasteiger partial charge on any atom is 0.352 e. The minimum atomic E-state index is -3.90. The van der Waals surface area contributed by atoms with Crippen molar-refractivity contribution in [3.8, 4) is 0 Å². The molecule has 0 aliphatic heterocycles. The molecule has 0 aromatic heterocycles. The third kappa shape index (κ3) is 3.39. The van der Waals surface area contributed by atoms with Gasteiger partial charge in [0.25, 0.3) is 5.91 Å². The van der Waals surface area contributed by atoms with Crippen molar-refractivity contribution in [1.82, 2.24) is 4.90 Å². The first-order valence-electron chi connectivity index (χ1n) is 5.33. The predicted octanol–water partition coefficient (Wildman–Crippen LogP) is 2.45. The Kier molecular flexibility index (Phi) is 5.83. The van der Waals surface area contributed by atoms with Crippen molar-refractivity contribution in [3.63, 3.8) is 0 Å². The second-order valence-corrected chi connectivity index (χ2v) is 4.27. The van der Waals surface area contributed by atoms with E-state index in [0.717, 1.165) is 11.0 Å². The number of amides is 1. The number of halogens is 4. The van der Waals surface area contributed by atoms with Crippen LogP contribution in [0.2, 0.25) is 0 Å². The van der Waals surface area contributed by atoms with Gasteiger partial charge in [-0.1, -0.05) is 12.1 Å². The summed E-state index contributed by atoms with van der Waals surface area (Å²) in [4.78, 5) is 12.1. The first kappa shape index (κ1) is 17.7. The Morgan fingerprint density at radius 2 is 1.89 bits per heavy atom. The molecule has 1 aromatic rings. The van der Waals surface area contributed by atoms with Crippen LogP contribution in [-0.4, -0.2) is 24.9 Å². The van der Waals surface area contributed by atoms with Crippen LogP contribution in [0, 0.1) is 5.82 Å². The zero-order valence-corrected chi connectivity index (χ0v) is 11.6. The van der Waals surface area contributed by atoms with Gasteiger partial charge in [0, 0.05) is 25.7 Å². The fourth-order valence-corrected chi connectivity index (χ4v) is 1.54. The largest absolute Gasteiger partial charge is 0.352 e. The molecule has 0 aliphatic carbocycles. The second-order valence-electron chi connectivity index (χ2n) is 4.27. The molecular weight excluding hydrogens is 281 g/mol. The van der Waals surface area contributed by atoms with E-state index in [4.69, 9.17) is 5.73 Å². The van der Waals surface area contributed by atoms with Gasteiger partial charge in [-0.05, 0) is 13.0 Å². The number of likely N-dealkylation sites (N-methyl/N-ethyl adjacent to an activating group) is 1. The van der Waals surface area contributed by atoms with E-state index in [1.165, 1.54) is 33.2 Å². The fraction of sp³-hybridized carbons (Fsp3) is 0.417. The number of carbonyl (C=O) groups is 1. The Bertz CT molecular complexity index is 464. The molecule has 0 aliphatic rings. The highest BCUT2D eigenvalue weighted by Gasteiger charge is 2.44. The zero-order chi connectivity index (χ0) is 14.1. The monoisotopic (exact) mass is 296 g/mol. The van der Waals surface area contributed by atoms with E-state index in [2.05, 4.69) is 0 Å². The van der Waals surface area contributed by atoms with Gasteiger partial charge in [-0.3, -0.25) is 4.79 Å². The van der Waals surface area contributed by atoms with Crippen molar-refractivity contribution in [1.29, 1.82) is 0 Å². The summed E-state index contributed by atoms with van der Waals surface area (Å²) in [7, 11) is 2.37. The van der Waals surface area contributed by atoms with Crippen molar-refractivity contribution < 1.29 is 18.0 Å². The van der Waals surface area contributed by atoms with Gasteiger partial charge in [0.1, 0.15) is 5.82 Å².